The summed E-state index contributed by atoms with van der Waals surface area (Å²) >= 11 is 9.47. The monoisotopic (exact) mass is 430 g/mol. The highest BCUT2D eigenvalue weighted by Crippen LogP contribution is 2.35. The van der Waals surface area contributed by atoms with Gasteiger partial charge < -0.3 is 10.2 Å². The Morgan fingerprint density at radius 1 is 1.19 bits per heavy atom. The molecule has 2 heterocycles. The first-order valence-electron chi connectivity index (χ1n) is 8.21. The van der Waals surface area contributed by atoms with Crippen LogP contribution in [0.1, 0.15) is 18.0 Å². The Bertz CT molecular complexity index is 979. The Morgan fingerprint density at radius 2 is 1.96 bits per heavy atom. The molecule has 132 valence electrons. The molecule has 7 heteroatoms. The van der Waals surface area contributed by atoms with Gasteiger partial charge in [-0.2, -0.15) is 0 Å². The highest BCUT2D eigenvalue weighted by molar-refractivity contribution is 9.10. The second kappa shape index (κ2) is 6.85. The number of fused-ring (bicyclic) bond motifs is 1. The van der Waals surface area contributed by atoms with Crippen LogP contribution in [-0.2, 0) is 4.79 Å². The van der Waals surface area contributed by atoms with Crippen molar-refractivity contribution in [3.63, 3.8) is 0 Å². The molecule has 1 aliphatic rings. The number of amides is 1. The van der Waals surface area contributed by atoms with E-state index >= 15 is 0 Å². The summed E-state index contributed by atoms with van der Waals surface area (Å²) in [6.07, 6.45) is 1.95. The molecule has 3 aromatic rings. The van der Waals surface area contributed by atoms with Crippen molar-refractivity contribution in [2.75, 3.05) is 12.4 Å². The molecule has 0 radical (unpaired) electrons. The maximum absolute atomic E-state index is 12.4. The summed E-state index contributed by atoms with van der Waals surface area (Å²) in [5, 5.41) is 5.07. The Labute approximate surface area is 164 Å². The zero-order valence-corrected chi connectivity index (χ0v) is 16.3. The van der Waals surface area contributed by atoms with Crippen molar-refractivity contribution in [1.82, 2.24) is 14.9 Å². The van der Waals surface area contributed by atoms with E-state index in [1.165, 1.54) is 6.33 Å². The lowest BCUT2D eigenvalue weighted by molar-refractivity contribution is -0.127. The van der Waals surface area contributed by atoms with Crippen LogP contribution >= 0.6 is 27.5 Å². The van der Waals surface area contributed by atoms with Crippen molar-refractivity contribution in [1.29, 1.82) is 0 Å². The minimum Gasteiger partial charge on any atom is -0.364 e. The molecule has 2 aromatic carbocycles. The molecule has 0 spiro atoms. The van der Waals surface area contributed by atoms with Gasteiger partial charge in [0.1, 0.15) is 12.1 Å². The minimum absolute atomic E-state index is 0.0831. The fourth-order valence-corrected chi connectivity index (χ4v) is 3.91. The summed E-state index contributed by atoms with van der Waals surface area (Å²) in [6, 6.07) is 13.3. The van der Waals surface area contributed by atoms with E-state index < -0.39 is 0 Å². The number of hydrogen-bond acceptors (Lipinski definition) is 4. The first-order chi connectivity index (χ1) is 12.5. The summed E-state index contributed by atoms with van der Waals surface area (Å²) in [5.74, 6) is 0.832. The Kier molecular flexibility index (Phi) is 4.54. The SMILES string of the molecule is CN1C(=O)C[C@H](Nc2ncnc3cc(Br)ccc23)[C@H]1c1ccc(Cl)cc1. The molecule has 0 unspecified atom stereocenters. The van der Waals surface area contributed by atoms with Gasteiger partial charge in [-0.15, -0.1) is 0 Å². The molecule has 26 heavy (non-hydrogen) atoms. The van der Waals surface area contributed by atoms with Gasteiger partial charge in [0.05, 0.1) is 17.6 Å². The van der Waals surface area contributed by atoms with Crippen LogP contribution in [0.3, 0.4) is 0 Å². The number of likely N-dealkylation sites (N-methyl/N-ethyl adjacent to an activating group) is 1. The van der Waals surface area contributed by atoms with E-state index in [-0.39, 0.29) is 18.0 Å². The number of carbonyl (C=O) groups excluding carboxylic acids is 1. The van der Waals surface area contributed by atoms with E-state index in [1.807, 2.05) is 49.5 Å². The zero-order chi connectivity index (χ0) is 18.3. The van der Waals surface area contributed by atoms with Crippen LogP contribution in [-0.4, -0.2) is 33.9 Å². The Morgan fingerprint density at radius 3 is 2.73 bits per heavy atom. The predicted molar refractivity (Wildman–Crippen MR) is 106 cm³/mol. The fraction of sp³-hybridized carbons (Fsp3) is 0.211. The van der Waals surface area contributed by atoms with Crippen molar-refractivity contribution in [3.05, 3.63) is 63.9 Å². The van der Waals surface area contributed by atoms with Crippen LogP contribution in [0.4, 0.5) is 5.82 Å². The lowest BCUT2D eigenvalue weighted by Crippen LogP contribution is -2.30. The second-order valence-electron chi connectivity index (χ2n) is 6.34. The number of rotatable bonds is 3. The maximum Gasteiger partial charge on any atom is 0.225 e. The van der Waals surface area contributed by atoms with Crippen molar-refractivity contribution < 1.29 is 4.79 Å². The number of carbonyl (C=O) groups is 1. The van der Waals surface area contributed by atoms with Crippen molar-refractivity contribution in [2.24, 2.45) is 0 Å². The van der Waals surface area contributed by atoms with E-state index in [1.54, 1.807) is 4.90 Å². The smallest absolute Gasteiger partial charge is 0.225 e. The highest BCUT2D eigenvalue weighted by atomic mass is 79.9. The number of likely N-dealkylation sites (tertiary alicyclic amines) is 1. The van der Waals surface area contributed by atoms with Gasteiger partial charge in [-0.1, -0.05) is 39.7 Å². The normalized spacial score (nSPS) is 20.0. The fourth-order valence-electron chi connectivity index (χ4n) is 3.44. The van der Waals surface area contributed by atoms with Gasteiger partial charge in [0.25, 0.3) is 0 Å². The molecule has 1 N–H and O–H groups in total. The molecule has 2 atom stereocenters. The summed E-state index contributed by atoms with van der Waals surface area (Å²) in [4.78, 5) is 22.9. The van der Waals surface area contributed by atoms with Crippen LogP contribution in [0.5, 0.6) is 0 Å². The molecule has 1 aromatic heterocycles. The lowest BCUT2D eigenvalue weighted by atomic mass is 10.00. The molecule has 1 aliphatic heterocycles. The van der Waals surface area contributed by atoms with Gasteiger partial charge in [0.2, 0.25) is 5.91 Å². The quantitative estimate of drug-likeness (QED) is 0.666. The average molecular weight is 432 g/mol. The summed E-state index contributed by atoms with van der Waals surface area (Å²) < 4.78 is 0.962. The van der Waals surface area contributed by atoms with E-state index in [0.29, 0.717) is 11.4 Å². The van der Waals surface area contributed by atoms with Crippen molar-refractivity contribution >= 4 is 50.2 Å². The standard InChI is InChI=1S/C19H16BrClN4O/c1-25-17(26)9-16(18(25)11-2-5-13(21)6-3-11)24-19-14-7-4-12(20)8-15(14)22-10-23-19/h2-8,10,16,18H,9H2,1H3,(H,22,23,24)/t16-,18+/m0/s1. The third-order valence-corrected chi connectivity index (χ3v) is 5.46. The third kappa shape index (κ3) is 3.15. The Hall–Kier alpha value is -2.18. The van der Waals surface area contributed by atoms with E-state index in [4.69, 9.17) is 11.6 Å². The van der Waals surface area contributed by atoms with Crippen molar-refractivity contribution in [3.8, 4) is 0 Å². The summed E-state index contributed by atoms with van der Waals surface area (Å²) in [6.45, 7) is 0. The maximum atomic E-state index is 12.4. The number of aromatic nitrogens is 2. The van der Waals surface area contributed by atoms with Gasteiger partial charge in [0, 0.05) is 28.4 Å². The second-order valence-corrected chi connectivity index (χ2v) is 7.69. The molecule has 1 saturated heterocycles. The average Bonchev–Trinajstić information content (AvgIpc) is 2.90. The van der Waals surface area contributed by atoms with E-state index in [2.05, 4.69) is 31.2 Å². The molecule has 1 amide bonds. The number of nitrogens with one attached hydrogen (secondary N) is 1. The van der Waals surface area contributed by atoms with Crippen LogP contribution < -0.4 is 5.32 Å². The number of nitrogens with zero attached hydrogens (tertiary/aromatic N) is 3. The lowest BCUT2D eigenvalue weighted by Gasteiger charge is -2.26. The molecule has 1 fully saturated rings. The van der Waals surface area contributed by atoms with Crippen molar-refractivity contribution in [2.45, 2.75) is 18.5 Å². The Balaban J connectivity index is 1.70. The molecule has 4 rings (SSSR count). The number of halogens is 2. The van der Waals surface area contributed by atoms with Gasteiger partial charge in [0.15, 0.2) is 0 Å². The predicted octanol–water partition coefficient (Wildman–Crippen LogP) is 4.43. The first-order valence-corrected chi connectivity index (χ1v) is 9.38. The molecular weight excluding hydrogens is 416 g/mol. The molecule has 0 bridgehead atoms. The largest absolute Gasteiger partial charge is 0.364 e. The van der Waals surface area contributed by atoms with E-state index in [9.17, 15) is 4.79 Å². The molecular formula is C19H16BrClN4O. The summed E-state index contributed by atoms with van der Waals surface area (Å²) in [5.41, 5.74) is 1.89. The van der Waals surface area contributed by atoms with Gasteiger partial charge in [-0.05, 0) is 35.9 Å². The van der Waals surface area contributed by atoms with Crippen LogP contribution in [0.2, 0.25) is 5.02 Å². The molecule has 0 aliphatic carbocycles. The first kappa shape index (κ1) is 17.2. The highest BCUT2D eigenvalue weighted by Gasteiger charge is 2.38. The summed E-state index contributed by atoms with van der Waals surface area (Å²) in [7, 11) is 1.83. The van der Waals surface area contributed by atoms with Gasteiger partial charge >= 0.3 is 0 Å². The number of anilines is 1. The topological polar surface area (TPSA) is 58.1 Å². The number of benzene rings is 2. The minimum atomic E-state index is -0.0876. The zero-order valence-electron chi connectivity index (χ0n) is 14.0. The van der Waals surface area contributed by atoms with Crippen LogP contribution in [0.25, 0.3) is 10.9 Å². The van der Waals surface area contributed by atoms with Gasteiger partial charge in [-0.3, -0.25) is 4.79 Å². The molecule has 5 nitrogen and oxygen atoms in total. The molecule has 0 saturated carbocycles. The number of hydrogen-bond donors (Lipinski definition) is 1. The van der Waals surface area contributed by atoms with Gasteiger partial charge in [-0.25, -0.2) is 9.97 Å². The third-order valence-electron chi connectivity index (χ3n) is 4.72. The van der Waals surface area contributed by atoms with Crippen LogP contribution in [0.15, 0.2) is 53.3 Å². The van der Waals surface area contributed by atoms with Crippen LogP contribution in [0, 0.1) is 0 Å². The van der Waals surface area contributed by atoms with E-state index in [0.717, 1.165) is 26.8 Å².